The Balaban J connectivity index is 1.40. The Morgan fingerprint density at radius 2 is 1.46 bits per heavy atom. The molecule has 2 atom stereocenters. The van der Waals surface area contributed by atoms with Crippen molar-refractivity contribution < 1.29 is 9.90 Å². The average Bonchev–Trinajstić information content (AvgIpc) is 3.34. The molecule has 0 saturated carbocycles. The molecule has 4 N–H and O–H groups in total. The summed E-state index contributed by atoms with van der Waals surface area (Å²) in [5, 5.41) is 15.1. The molecule has 194 valence electrons. The summed E-state index contributed by atoms with van der Waals surface area (Å²) < 4.78 is 0. The van der Waals surface area contributed by atoms with Crippen molar-refractivity contribution >= 4 is 12.1 Å². The predicted octanol–water partition coefficient (Wildman–Crippen LogP) is 5.71. The first kappa shape index (κ1) is 26.6. The van der Waals surface area contributed by atoms with Gasteiger partial charge in [-0.05, 0) is 51.6 Å². The Kier molecular flexibility index (Phi) is 7.53. The number of nitrogens with one attached hydrogen (secondary N) is 3. The number of phenolic OH excluding ortho intramolecular Hbond substituents is 1. The van der Waals surface area contributed by atoms with Crippen molar-refractivity contribution in [2.24, 2.45) is 5.10 Å². The molecule has 1 aliphatic rings. The lowest BCUT2D eigenvalue weighted by Crippen LogP contribution is -2.41. The van der Waals surface area contributed by atoms with Gasteiger partial charge in [-0.2, -0.15) is 5.10 Å². The van der Waals surface area contributed by atoms with E-state index in [-0.39, 0.29) is 22.8 Å². The van der Waals surface area contributed by atoms with Gasteiger partial charge in [-0.1, -0.05) is 96.1 Å². The smallest absolute Gasteiger partial charge is 0.258 e. The number of nitrogens with zero attached hydrogens (tertiary/aromatic N) is 1. The summed E-state index contributed by atoms with van der Waals surface area (Å²) in [7, 11) is 0. The van der Waals surface area contributed by atoms with E-state index in [9.17, 15) is 9.90 Å². The summed E-state index contributed by atoms with van der Waals surface area (Å²) in [6.07, 6.45) is 2.26. The van der Waals surface area contributed by atoms with Gasteiger partial charge in [-0.15, -0.1) is 0 Å². The van der Waals surface area contributed by atoms with E-state index in [4.69, 9.17) is 0 Å². The second-order valence-electron chi connectivity index (χ2n) is 11.8. The molecule has 1 heterocycles. The van der Waals surface area contributed by atoms with Crippen LogP contribution in [-0.2, 0) is 15.6 Å². The van der Waals surface area contributed by atoms with Crippen LogP contribution in [0.5, 0.6) is 5.75 Å². The number of rotatable bonds is 5. The van der Waals surface area contributed by atoms with Crippen molar-refractivity contribution in [3.8, 4) is 16.9 Å². The van der Waals surface area contributed by atoms with Crippen molar-refractivity contribution in [3.63, 3.8) is 0 Å². The van der Waals surface area contributed by atoms with Gasteiger partial charge in [0, 0.05) is 17.2 Å². The lowest BCUT2D eigenvalue weighted by Gasteiger charge is -2.27. The van der Waals surface area contributed by atoms with E-state index in [0.29, 0.717) is 12.2 Å². The number of hydrazine groups is 1. The summed E-state index contributed by atoms with van der Waals surface area (Å²) in [5.74, 6) is 0.128. The molecule has 1 aliphatic heterocycles. The maximum atomic E-state index is 12.8. The molecule has 0 aromatic heterocycles. The predicted molar refractivity (Wildman–Crippen MR) is 151 cm³/mol. The van der Waals surface area contributed by atoms with Crippen LogP contribution in [0, 0.1) is 0 Å². The number of phenols is 1. The summed E-state index contributed by atoms with van der Waals surface area (Å²) in [4.78, 5) is 12.8. The Morgan fingerprint density at radius 1 is 0.892 bits per heavy atom. The van der Waals surface area contributed by atoms with Crippen molar-refractivity contribution in [2.75, 3.05) is 0 Å². The van der Waals surface area contributed by atoms with Crippen molar-refractivity contribution in [1.82, 2.24) is 16.3 Å². The Hall–Kier alpha value is -3.48. The van der Waals surface area contributed by atoms with E-state index < -0.39 is 6.04 Å². The zero-order valence-corrected chi connectivity index (χ0v) is 22.6. The monoisotopic (exact) mass is 498 g/mol. The molecule has 0 bridgehead atoms. The molecule has 4 rings (SSSR count). The molecule has 6 heteroatoms. The highest BCUT2D eigenvalue weighted by Crippen LogP contribution is 2.39. The highest BCUT2D eigenvalue weighted by Gasteiger charge is 2.30. The molecule has 0 spiro atoms. The van der Waals surface area contributed by atoms with E-state index in [0.717, 1.165) is 27.8 Å². The van der Waals surface area contributed by atoms with E-state index >= 15 is 0 Å². The number of hydrogen-bond acceptors (Lipinski definition) is 5. The van der Waals surface area contributed by atoms with Crippen molar-refractivity contribution in [3.05, 3.63) is 89.0 Å². The first-order valence-corrected chi connectivity index (χ1v) is 12.8. The Labute approximate surface area is 220 Å². The molecule has 1 fully saturated rings. The number of benzene rings is 3. The van der Waals surface area contributed by atoms with Gasteiger partial charge in [-0.25, -0.2) is 16.3 Å². The number of hydrazone groups is 1. The van der Waals surface area contributed by atoms with Crippen LogP contribution in [0.3, 0.4) is 0 Å². The third kappa shape index (κ3) is 6.27. The third-order valence-corrected chi connectivity index (χ3v) is 6.78. The molecule has 0 radical (unpaired) electrons. The number of hydrogen-bond donors (Lipinski definition) is 4. The molecule has 0 aliphatic carbocycles. The molecular weight excluding hydrogens is 460 g/mol. The average molecular weight is 499 g/mol. The normalized spacial score (nSPS) is 18.3. The van der Waals surface area contributed by atoms with Gasteiger partial charge in [0.25, 0.3) is 5.91 Å². The number of carbonyl (C=O) groups is 1. The van der Waals surface area contributed by atoms with Crippen LogP contribution in [0.25, 0.3) is 11.1 Å². The Bertz CT molecular complexity index is 1230. The first-order chi connectivity index (χ1) is 17.4. The van der Waals surface area contributed by atoms with E-state index in [1.54, 1.807) is 6.21 Å². The van der Waals surface area contributed by atoms with E-state index in [1.807, 2.05) is 30.3 Å². The minimum atomic E-state index is -0.397. The minimum Gasteiger partial charge on any atom is -0.507 e. The van der Waals surface area contributed by atoms with Crippen LogP contribution in [0.4, 0.5) is 0 Å². The Morgan fingerprint density at radius 3 is 2.03 bits per heavy atom. The van der Waals surface area contributed by atoms with Gasteiger partial charge in [0.05, 0.1) is 6.21 Å². The number of amides is 1. The van der Waals surface area contributed by atoms with Crippen LogP contribution in [0.2, 0.25) is 0 Å². The fourth-order valence-corrected chi connectivity index (χ4v) is 4.61. The van der Waals surface area contributed by atoms with Gasteiger partial charge in [0.2, 0.25) is 0 Å². The van der Waals surface area contributed by atoms with Gasteiger partial charge < -0.3 is 5.11 Å². The van der Waals surface area contributed by atoms with Crippen LogP contribution in [-0.4, -0.2) is 23.3 Å². The lowest BCUT2D eigenvalue weighted by molar-refractivity contribution is -0.122. The largest absolute Gasteiger partial charge is 0.507 e. The molecule has 3 aromatic carbocycles. The summed E-state index contributed by atoms with van der Waals surface area (Å²) >= 11 is 0. The first-order valence-electron chi connectivity index (χ1n) is 12.8. The highest BCUT2D eigenvalue weighted by atomic mass is 16.3. The van der Waals surface area contributed by atoms with Gasteiger partial charge in [0.1, 0.15) is 11.8 Å². The van der Waals surface area contributed by atoms with Crippen LogP contribution >= 0.6 is 0 Å². The van der Waals surface area contributed by atoms with Crippen LogP contribution in [0.1, 0.15) is 76.3 Å². The zero-order valence-electron chi connectivity index (χ0n) is 22.6. The third-order valence-electron chi connectivity index (χ3n) is 6.78. The molecule has 37 heavy (non-hydrogen) atoms. The molecule has 6 nitrogen and oxygen atoms in total. The van der Waals surface area contributed by atoms with Crippen LogP contribution < -0.4 is 16.3 Å². The maximum Gasteiger partial charge on any atom is 0.258 e. The fourth-order valence-electron chi connectivity index (χ4n) is 4.61. The molecule has 3 aromatic rings. The number of carbonyl (C=O) groups excluding carboxylic acids is 1. The van der Waals surface area contributed by atoms with E-state index in [2.05, 4.69) is 99.3 Å². The topological polar surface area (TPSA) is 85.8 Å². The van der Waals surface area contributed by atoms with Crippen LogP contribution in [0.15, 0.2) is 71.8 Å². The standard InChI is InChI=1S/C31H38N4O2/c1-30(2,3)24-16-20(17-25(28(24)36)31(4,5)6)19-32-35-29(37)27-18-26(33-34-27)23-14-12-22(13-15-23)21-10-8-7-9-11-21/h7-17,19,26-27,33-34,36H,18H2,1-6H3,(H,35,37)/b32-19+. The quantitative estimate of drug-likeness (QED) is 0.268. The summed E-state index contributed by atoms with van der Waals surface area (Å²) in [5.41, 5.74) is 14.6. The van der Waals surface area contributed by atoms with Crippen molar-refractivity contribution in [1.29, 1.82) is 0 Å². The SMILES string of the molecule is CC(C)(C)c1cc(/C=N/NC(=O)C2CC(c3ccc(-c4ccccc4)cc3)NN2)cc(C(C)(C)C)c1O. The maximum absolute atomic E-state index is 12.8. The van der Waals surface area contributed by atoms with Gasteiger partial charge in [-0.3, -0.25) is 4.79 Å². The second-order valence-corrected chi connectivity index (χ2v) is 11.8. The van der Waals surface area contributed by atoms with Gasteiger partial charge in [0.15, 0.2) is 0 Å². The lowest BCUT2D eigenvalue weighted by atomic mass is 9.78. The molecular formula is C31H38N4O2. The van der Waals surface area contributed by atoms with E-state index in [1.165, 1.54) is 5.56 Å². The van der Waals surface area contributed by atoms with Crippen molar-refractivity contribution in [2.45, 2.75) is 70.9 Å². The summed E-state index contributed by atoms with van der Waals surface area (Å²) in [6.45, 7) is 12.4. The second kappa shape index (κ2) is 10.5. The highest BCUT2D eigenvalue weighted by molar-refractivity contribution is 5.86. The van der Waals surface area contributed by atoms with Gasteiger partial charge >= 0.3 is 0 Å². The fraction of sp³-hybridized carbons (Fsp3) is 0.355. The number of aromatic hydroxyl groups is 1. The molecule has 1 saturated heterocycles. The molecule has 1 amide bonds. The summed E-state index contributed by atoms with van der Waals surface area (Å²) in [6, 6.07) is 22.2. The molecule has 2 unspecified atom stereocenters. The zero-order chi connectivity index (χ0) is 26.8. The minimum absolute atomic E-state index is 0.0327.